The standard InChI is InChI=1S/C13H30N2/c1-7-8-11(2)9-14-12(3)10-15-13(4,5)6/h11-12,14-15H,7-10H2,1-6H3. The van der Waals surface area contributed by atoms with Gasteiger partial charge < -0.3 is 10.6 Å². The van der Waals surface area contributed by atoms with E-state index in [2.05, 4.69) is 52.2 Å². The van der Waals surface area contributed by atoms with Gasteiger partial charge in [-0.3, -0.25) is 0 Å². The molecule has 2 unspecified atom stereocenters. The molecule has 2 atom stereocenters. The van der Waals surface area contributed by atoms with Crippen molar-refractivity contribution in [1.29, 1.82) is 0 Å². The van der Waals surface area contributed by atoms with Gasteiger partial charge in [0, 0.05) is 18.1 Å². The van der Waals surface area contributed by atoms with Crippen molar-refractivity contribution in [2.75, 3.05) is 13.1 Å². The molecule has 0 amide bonds. The van der Waals surface area contributed by atoms with Gasteiger partial charge in [0.25, 0.3) is 0 Å². The van der Waals surface area contributed by atoms with Crippen LogP contribution in [-0.4, -0.2) is 24.7 Å². The van der Waals surface area contributed by atoms with Gasteiger partial charge in [-0.15, -0.1) is 0 Å². The molecule has 0 aromatic carbocycles. The van der Waals surface area contributed by atoms with Crippen LogP contribution in [0.1, 0.15) is 54.4 Å². The van der Waals surface area contributed by atoms with Crippen LogP contribution < -0.4 is 10.6 Å². The van der Waals surface area contributed by atoms with Crippen molar-refractivity contribution in [3.8, 4) is 0 Å². The monoisotopic (exact) mass is 214 g/mol. The molecule has 0 saturated carbocycles. The molecule has 92 valence electrons. The van der Waals surface area contributed by atoms with Crippen LogP contribution in [0.15, 0.2) is 0 Å². The summed E-state index contributed by atoms with van der Waals surface area (Å²) in [5.41, 5.74) is 0.227. The topological polar surface area (TPSA) is 24.1 Å². The average molecular weight is 214 g/mol. The Morgan fingerprint density at radius 3 is 2.13 bits per heavy atom. The molecule has 0 heterocycles. The van der Waals surface area contributed by atoms with E-state index in [0.717, 1.165) is 19.0 Å². The van der Waals surface area contributed by atoms with Crippen LogP contribution in [0.2, 0.25) is 0 Å². The van der Waals surface area contributed by atoms with E-state index in [1.54, 1.807) is 0 Å². The Morgan fingerprint density at radius 2 is 1.67 bits per heavy atom. The highest BCUT2D eigenvalue weighted by atomic mass is 15.0. The Balaban J connectivity index is 3.53. The normalized spacial score (nSPS) is 16.4. The van der Waals surface area contributed by atoms with Crippen LogP contribution >= 0.6 is 0 Å². The minimum Gasteiger partial charge on any atom is -0.313 e. The molecule has 0 aliphatic heterocycles. The zero-order valence-corrected chi connectivity index (χ0v) is 11.5. The van der Waals surface area contributed by atoms with Crippen molar-refractivity contribution in [3.05, 3.63) is 0 Å². The molecule has 0 aliphatic carbocycles. The lowest BCUT2D eigenvalue weighted by molar-refractivity contribution is 0.370. The molecular weight excluding hydrogens is 184 g/mol. The molecule has 0 aromatic rings. The zero-order chi connectivity index (χ0) is 11.9. The van der Waals surface area contributed by atoms with Crippen LogP contribution in [0.3, 0.4) is 0 Å². The molecule has 0 aliphatic rings. The summed E-state index contributed by atoms with van der Waals surface area (Å²) >= 11 is 0. The van der Waals surface area contributed by atoms with E-state index in [1.807, 2.05) is 0 Å². The van der Waals surface area contributed by atoms with E-state index in [0.29, 0.717) is 6.04 Å². The van der Waals surface area contributed by atoms with Crippen LogP contribution in [0, 0.1) is 5.92 Å². The van der Waals surface area contributed by atoms with Crippen LogP contribution in [0.5, 0.6) is 0 Å². The van der Waals surface area contributed by atoms with Gasteiger partial charge >= 0.3 is 0 Å². The maximum Gasteiger partial charge on any atom is 0.0164 e. The molecule has 0 rings (SSSR count). The summed E-state index contributed by atoms with van der Waals surface area (Å²) in [5.74, 6) is 0.798. The first-order valence-electron chi connectivity index (χ1n) is 6.33. The van der Waals surface area contributed by atoms with E-state index in [9.17, 15) is 0 Å². The summed E-state index contributed by atoms with van der Waals surface area (Å²) in [6.07, 6.45) is 2.61. The van der Waals surface area contributed by atoms with E-state index in [1.165, 1.54) is 12.8 Å². The highest BCUT2D eigenvalue weighted by Crippen LogP contribution is 2.03. The molecule has 2 nitrogen and oxygen atoms in total. The lowest BCUT2D eigenvalue weighted by Gasteiger charge is -2.24. The molecule has 15 heavy (non-hydrogen) atoms. The van der Waals surface area contributed by atoms with Crippen molar-refractivity contribution in [1.82, 2.24) is 10.6 Å². The molecule has 0 radical (unpaired) electrons. The van der Waals surface area contributed by atoms with Gasteiger partial charge in [0.15, 0.2) is 0 Å². The lowest BCUT2D eigenvalue weighted by atomic mass is 10.1. The summed E-state index contributed by atoms with van der Waals surface area (Å²) in [6.45, 7) is 15.6. The van der Waals surface area contributed by atoms with Crippen molar-refractivity contribution >= 4 is 0 Å². The second-order valence-corrected chi connectivity index (χ2v) is 5.83. The smallest absolute Gasteiger partial charge is 0.0164 e. The minimum atomic E-state index is 0.227. The Bertz CT molecular complexity index is 149. The molecular formula is C13H30N2. The second kappa shape index (κ2) is 7.24. The Morgan fingerprint density at radius 1 is 1.07 bits per heavy atom. The average Bonchev–Trinajstić information content (AvgIpc) is 2.11. The van der Waals surface area contributed by atoms with E-state index in [-0.39, 0.29) is 5.54 Å². The molecule has 0 saturated heterocycles. The summed E-state index contributed by atoms with van der Waals surface area (Å²) in [5, 5.41) is 7.09. The molecule has 0 fully saturated rings. The number of nitrogens with one attached hydrogen (secondary N) is 2. The van der Waals surface area contributed by atoms with Gasteiger partial charge in [0.2, 0.25) is 0 Å². The van der Waals surface area contributed by atoms with E-state index in [4.69, 9.17) is 0 Å². The maximum atomic E-state index is 3.58. The predicted octanol–water partition coefficient (Wildman–Crippen LogP) is 2.79. The molecule has 0 aromatic heterocycles. The fraction of sp³-hybridized carbons (Fsp3) is 1.00. The highest BCUT2D eigenvalue weighted by Gasteiger charge is 2.11. The van der Waals surface area contributed by atoms with Crippen molar-refractivity contribution in [2.24, 2.45) is 5.92 Å². The van der Waals surface area contributed by atoms with Crippen LogP contribution in [-0.2, 0) is 0 Å². The van der Waals surface area contributed by atoms with Gasteiger partial charge in [-0.2, -0.15) is 0 Å². The quantitative estimate of drug-likeness (QED) is 0.681. The third kappa shape index (κ3) is 10.2. The van der Waals surface area contributed by atoms with Gasteiger partial charge in [-0.05, 0) is 46.6 Å². The van der Waals surface area contributed by atoms with Crippen LogP contribution in [0.25, 0.3) is 0 Å². The summed E-state index contributed by atoms with van der Waals surface area (Å²) in [7, 11) is 0. The fourth-order valence-electron chi connectivity index (χ4n) is 1.53. The lowest BCUT2D eigenvalue weighted by Crippen LogP contribution is -2.45. The third-order valence-electron chi connectivity index (χ3n) is 2.53. The van der Waals surface area contributed by atoms with Crippen molar-refractivity contribution in [2.45, 2.75) is 66.0 Å². The summed E-state index contributed by atoms with van der Waals surface area (Å²) < 4.78 is 0. The Kier molecular flexibility index (Phi) is 7.20. The summed E-state index contributed by atoms with van der Waals surface area (Å²) in [4.78, 5) is 0. The summed E-state index contributed by atoms with van der Waals surface area (Å²) in [6, 6.07) is 0.559. The zero-order valence-electron chi connectivity index (χ0n) is 11.5. The van der Waals surface area contributed by atoms with Gasteiger partial charge in [-0.25, -0.2) is 0 Å². The third-order valence-corrected chi connectivity index (χ3v) is 2.53. The van der Waals surface area contributed by atoms with Crippen molar-refractivity contribution < 1.29 is 0 Å². The number of hydrogen-bond acceptors (Lipinski definition) is 2. The van der Waals surface area contributed by atoms with Gasteiger partial charge in [-0.1, -0.05) is 20.3 Å². The van der Waals surface area contributed by atoms with E-state index < -0.39 is 0 Å². The fourth-order valence-corrected chi connectivity index (χ4v) is 1.53. The van der Waals surface area contributed by atoms with Gasteiger partial charge in [0.05, 0.1) is 0 Å². The van der Waals surface area contributed by atoms with E-state index >= 15 is 0 Å². The number of rotatable bonds is 7. The van der Waals surface area contributed by atoms with Crippen LogP contribution in [0.4, 0.5) is 0 Å². The number of hydrogen-bond donors (Lipinski definition) is 2. The second-order valence-electron chi connectivity index (χ2n) is 5.83. The molecule has 0 bridgehead atoms. The Labute approximate surface area is 96.2 Å². The molecule has 2 N–H and O–H groups in total. The predicted molar refractivity (Wildman–Crippen MR) is 69.3 cm³/mol. The first-order chi connectivity index (χ1) is 6.85. The largest absolute Gasteiger partial charge is 0.313 e. The maximum absolute atomic E-state index is 3.58. The minimum absolute atomic E-state index is 0.227. The SMILES string of the molecule is CCCC(C)CNC(C)CNC(C)(C)C. The first kappa shape index (κ1) is 14.9. The Hall–Kier alpha value is -0.0800. The highest BCUT2D eigenvalue weighted by molar-refractivity contribution is 4.74. The van der Waals surface area contributed by atoms with Gasteiger partial charge in [0.1, 0.15) is 0 Å². The van der Waals surface area contributed by atoms with Crippen molar-refractivity contribution in [3.63, 3.8) is 0 Å². The molecule has 2 heteroatoms. The molecule has 0 spiro atoms. The first-order valence-corrected chi connectivity index (χ1v) is 6.33.